The molecule has 0 aliphatic carbocycles. The fraction of sp³-hybridized carbons (Fsp3) is 0.500. The number of urea groups is 1. The van der Waals surface area contributed by atoms with E-state index < -0.39 is 25.9 Å². The van der Waals surface area contributed by atoms with Crippen molar-refractivity contribution in [1.82, 2.24) is 10.4 Å². The minimum absolute atomic E-state index is 0.0337. The minimum atomic E-state index is -4.34. The van der Waals surface area contributed by atoms with Gasteiger partial charge in [-0.15, -0.1) is 0 Å². The largest absolute Gasteiger partial charge is 0.358 e. The summed E-state index contributed by atoms with van der Waals surface area (Å²) in [5.74, 6) is -0.793. The van der Waals surface area contributed by atoms with E-state index in [1.54, 1.807) is 0 Å². The Morgan fingerprint density at radius 1 is 1.47 bits per heavy atom. The smallest absolute Gasteiger partial charge is 0.332 e. The van der Waals surface area contributed by atoms with Crippen molar-refractivity contribution in [2.75, 3.05) is 12.8 Å². The van der Waals surface area contributed by atoms with Gasteiger partial charge in [0.05, 0.1) is 6.54 Å². The molecule has 0 saturated carbocycles. The van der Waals surface area contributed by atoms with Crippen molar-refractivity contribution < 1.29 is 28.8 Å². The number of nitrogens with zero attached hydrogens (tertiary/aromatic N) is 1. The van der Waals surface area contributed by atoms with Gasteiger partial charge in [-0.2, -0.15) is 5.06 Å². The molecule has 0 aromatic carbocycles. The van der Waals surface area contributed by atoms with E-state index in [1.807, 2.05) is 5.32 Å². The van der Waals surface area contributed by atoms with Gasteiger partial charge in [-0.05, 0) is 13.8 Å². The number of hydrogen-bond acceptors (Lipinski definition) is 4. The molecule has 0 radical (unpaired) electrons. The summed E-state index contributed by atoms with van der Waals surface area (Å²) < 4.78 is 10.5. The first-order valence-electron chi connectivity index (χ1n) is 4.65. The predicted molar refractivity (Wildman–Crippen MR) is 58.7 cm³/mol. The van der Waals surface area contributed by atoms with Crippen LogP contribution in [0.4, 0.5) is 4.79 Å². The van der Waals surface area contributed by atoms with E-state index >= 15 is 0 Å². The van der Waals surface area contributed by atoms with Crippen LogP contribution < -0.4 is 5.32 Å². The Labute approximate surface area is 98.4 Å². The first-order valence-corrected chi connectivity index (χ1v) is 6.45. The maximum Gasteiger partial charge on any atom is 0.358 e. The quantitative estimate of drug-likeness (QED) is 0.380. The Kier molecular flexibility index (Phi) is 5.87. The van der Waals surface area contributed by atoms with Crippen molar-refractivity contribution in [2.45, 2.75) is 13.8 Å². The molecule has 9 heteroatoms. The molecule has 0 bridgehead atoms. The van der Waals surface area contributed by atoms with Gasteiger partial charge in [0, 0.05) is 5.57 Å². The van der Waals surface area contributed by atoms with E-state index in [4.69, 9.17) is 9.79 Å². The molecule has 8 nitrogen and oxygen atoms in total. The number of carbonyl (C=O) groups is 2. The van der Waals surface area contributed by atoms with Crippen LogP contribution in [0.15, 0.2) is 12.2 Å². The SMILES string of the molecule is C=C(C)C(=O)ON(CC)C(=O)NCP(=O)(O)O. The first kappa shape index (κ1) is 15.6. The second-order valence-corrected chi connectivity index (χ2v) is 4.80. The average molecular weight is 266 g/mol. The fourth-order valence-electron chi connectivity index (χ4n) is 0.686. The number of carbonyl (C=O) groups excluding carboxylic acids is 2. The molecule has 0 rings (SSSR count). The highest BCUT2D eigenvalue weighted by molar-refractivity contribution is 7.51. The van der Waals surface area contributed by atoms with E-state index in [9.17, 15) is 14.2 Å². The molecule has 2 amide bonds. The molecule has 0 spiro atoms. The van der Waals surface area contributed by atoms with Gasteiger partial charge in [0.25, 0.3) is 0 Å². The standard InChI is InChI=1S/C8H15N2O6P/c1-4-10(16-7(11)6(2)3)8(12)9-5-17(13,14)15/h2,4-5H2,1,3H3,(H,9,12)(H2,13,14,15). The zero-order valence-corrected chi connectivity index (χ0v) is 10.4. The molecule has 0 saturated heterocycles. The summed E-state index contributed by atoms with van der Waals surface area (Å²) in [7, 11) is -4.34. The monoisotopic (exact) mass is 266 g/mol. The summed E-state index contributed by atoms with van der Waals surface area (Å²) in [6, 6.07) is -0.912. The summed E-state index contributed by atoms with van der Waals surface area (Å²) in [5.41, 5.74) is 0.103. The van der Waals surface area contributed by atoms with Gasteiger partial charge in [0.2, 0.25) is 0 Å². The van der Waals surface area contributed by atoms with E-state index in [-0.39, 0.29) is 12.1 Å². The molecule has 0 unspecified atom stereocenters. The highest BCUT2D eigenvalue weighted by atomic mass is 31.2. The number of hydrogen-bond donors (Lipinski definition) is 3. The van der Waals surface area contributed by atoms with Crippen molar-refractivity contribution in [2.24, 2.45) is 0 Å². The third kappa shape index (κ3) is 6.72. The molecule has 98 valence electrons. The lowest BCUT2D eigenvalue weighted by atomic mass is 10.4. The van der Waals surface area contributed by atoms with Crippen LogP contribution in [0.2, 0.25) is 0 Å². The zero-order chi connectivity index (χ0) is 13.6. The maximum absolute atomic E-state index is 11.3. The molecule has 0 heterocycles. The number of rotatable bonds is 4. The lowest BCUT2D eigenvalue weighted by molar-refractivity contribution is -0.170. The Morgan fingerprint density at radius 2 is 2.00 bits per heavy atom. The van der Waals surface area contributed by atoms with Crippen molar-refractivity contribution in [3.8, 4) is 0 Å². The summed E-state index contributed by atoms with van der Waals surface area (Å²) >= 11 is 0. The van der Waals surface area contributed by atoms with Crippen LogP contribution in [0, 0.1) is 0 Å². The van der Waals surface area contributed by atoms with Gasteiger partial charge in [-0.1, -0.05) is 6.58 Å². The molecule has 0 aromatic heterocycles. The highest BCUT2D eigenvalue weighted by Crippen LogP contribution is 2.31. The second kappa shape index (κ2) is 6.39. The van der Waals surface area contributed by atoms with Gasteiger partial charge < -0.3 is 19.9 Å². The third-order valence-corrected chi connectivity index (χ3v) is 2.06. The molecule has 0 aromatic rings. The Bertz CT molecular complexity index is 363. The van der Waals surface area contributed by atoms with Crippen LogP contribution >= 0.6 is 7.60 Å². The zero-order valence-electron chi connectivity index (χ0n) is 9.54. The van der Waals surface area contributed by atoms with E-state index in [0.717, 1.165) is 0 Å². The molecule has 0 fully saturated rings. The number of amides is 2. The minimum Gasteiger partial charge on any atom is -0.332 e. The lowest BCUT2D eigenvalue weighted by Crippen LogP contribution is -2.41. The average Bonchev–Trinajstić information content (AvgIpc) is 2.20. The predicted octanol–water partition coefficient (Wildman–Crippen LogP) is 0.187. The Morgan fingerprint density at radius 3 is 2.35 bits per heavy atom. The molecule has 17 heavy (non-hydrogen) atoms. The lowest BCUT2D eigenvalue weighted by Gasteiger charge is -2.19. The van der Waals surface area contributed by atoms with E-state index in [0.29, 0.717) is 5.06 Å². The fourth-order valence-corrected chi connectivity index (χ4v) is 1.03. The van der Waals surface area contributed by atoms with Crippen molar-refractivity contribution in [3.05, 3.63) is 12.2 Å². The van der Waals surface area contributed by atoms with Gasteiger partial charge in [-0.3, -0.25) is 4.57 Å². The molecule has 0 aliphatic heterocycles. The molecular weight excluding hydrogens is 251 g/mol. The van der Waals surface area contributed by atoms with Crippen molar-refractivity contribution in [1.29, 1.82) is 0 Å². The number of nitrogens with one attached hydrogen (secondary N) is 1. The molecule has 0 atom stereocenters. The van der Waals surface area contributed by atoms with Gasteiger partial charge in [-0.25, -0.2) is 9.59 Å². The van der Waals surface area contributed by atoms with E-state index in [1.165, 1.54) is 13.8 Å². The summed E-state index contributed by atoms with van der Waals surface area (Å²) in [6.45, 7) is 6.30. The second-order valence-electron chi connectivity index (χ2n) is 3.16. The van der Waals surface area contributed by atoms with Gasteiger partial charge in [0.1, 0.15) is 6.29 Å². The van der Waals surface area contributed by atoms with Crippen LogP contribution in [0.25, 0.3) is 0 Å². The normalized spacial score (nSPS) is 10.6. The summed E-state index contributed by atoms with van der Waals surface area (Å²) in [4.78, 5) is 44.2. The maximum atomic E-state index is 11.3. The summed E-state index contributed by atoms with van der Waals surface area (Å²) in [6.07, 6.45) is -0.826. The number of hydroxylamine groups is 2. The Hall–Kier alpha value is -1.37. The third-order valence-electron chi connectivity index (χ3n) is 1.49. The first-order chi connectivity index (χ1) is 7.67. The summed E-state index contributed by atoms with van der Waals surface area (Å²) in [5, 5.41) is 2.58. The van der Waals surface area contributed by atoms with Crippen molar-refractivity contribution in [3.63, 3.8) is 0 Å². The van der Waals surface area contributed by atoms with Gasteiger partial charge in [0.15, 0.2) is 0 Å². The van der Waals surface area contributed by atoms with Crippen LogP contribution in [-0.4, -0.2) is 39.7 Å². The van der Waals surface area contributed by atoms with Crippen LogP contribution in [0.3, 0.4) is 0 Å². The van der Waals surface area contributed by atoms with Crippen LogP contribution in [0.1, 0.15) is 13.8 Å². The molecule has 3 N–H and O–H groups in total. The van der Waals surface area contributed by atoms with Crippen LogP contribution in [0.5, 0.6) is 0 Å². The Balaban J connectivity index is 4.37. The van der Waals surface area contributed by atoms with Crippen LogP contribution in [-0.2, 0) is 14.2 Å². The van der Waals surface area contributed by atoms with Gasteiger partial charge >= 0.3 is 19.6 Å². The topological polar surface area (TPSA) is 116 Å². The van der Waals surface area contributed by atoms with E-state index in [2.05, 4.69) is 11.4 Å². The molecular formula is C8H15N2O6P. The highest BCUT2D eigenvalue weighted by Gasteiger charge is 2.20. The van der Waals surface area contributed by atoms with Crippen molar-refractivity contribution >= 4 is 19.6 Å². The molecule has 0 aliphatic rings.